The second kappa shape index (κ2) is 23.6. The first-order chi connectivity index (χ1) is 30.4. The third kappa shape index (κ3) is 17.8. The van der Waals surface area contributed by atoms with Crippen LogP contribution in [-0.4, -0.2) is 113 Å². The Bertz CT molecular complexity index is 2050. The molecule has 8 N–H and O–H groups in total. The van der Waals surface area contributed by atoms with Crippen LogP contribution in [0.1, 0.15) is 101 Å². The first-order valence-corrected chi connectivity index (χ1v) is 21.7. The van der Waals surface area contributed by atoms with Crippen molar-refractivity contribution in [3.05, 3.63) is 71.8 Å². The van der Waals surface area contributed by atoms with E-state index in [9.17, 15) is 43.2 Å². The normalized spacial score (nSPS) is 14.1. The van der Waals surface area contributed by atoms with Gasteiger partial charge in [-0.15, -0.1) is 0 Å². The molecule has 2 rings (SSSR count). The molecule has 0 unspecified atom stereocenters. The molecule has 0 fully saturated rings. The molecule has 0 aromatic heterocycles. The number of carbonyl (C=O) groups excluding carboxylic acids is 9. The predicted molar refractivity (Wildman–Crippen MR) is 246 cm³/mol. The highest BCUT2D eigenvalue weighted by Crippen LogP contribution is 2.14. The third-order valence-electron chi connectivity index (χ3n) is 10.1. The number of ether oxygens (including phenoxy) is 2. The van der Waals surface area contributed by atoms with Gasteiger partial charge in [-0.05, 0) is 93.2 Å². The van der Waals surface area contributed by atoms with Crippen LogP contribution in [-0.2, 0) is 60.7 Å². The van der Waals surface area contributed by atoms with E-state index in [2.05, 4.69) is 42.5 Å². The van der Waals surface area contributed by atoms with Crippen molar-refractivity contribution in [2.24, 2.45) is 5.92 Å². The van der Waals surface area contributed by atoms with Gasteiger partial charge in [-0.1, -0.05) is 74.5 Å². The molecule has 0 bridgehead atoms. The van der Waals surface area contributed by atoms with Crippen LogP contribution in [0.3, 0.4) is 0 Å². The Morgan fingerprint density at radius 1 is 0.485 bits per heavy atom. The van der Waals surface area contributed by atoms with Gasteiger partial charge in [0.2, 0.25) is 41.4 Å². The number of benzene rings is 2. The van der Waals surface area contributed by atoms with Crippen LogP contribution >= 0.6 is 0 Å². The number of amides is 8. The van der Waals surface area contributed by atoms with Gasteiger partial charge in [0.1, 0.15) is 52.4 Å². The number of carbonyl (C=O) groups is 9. The Kier molecular flexibility index (Phi) is 19.9. The van der Waals surface area contributed by atoms with Crippen LogP contribution in [0, 0.1) is 5.92 Å². The summed E-state index contributed by atoms with van der Waals surface area (Å²) in [6.45, 7) is 19.8. The number of hydrogen-bond donors (Lipinski definition) is 8. The quantitative estimate of drug-likeness (QED) is 0.0838. The van der Waals surface area contributed by atoms with E-state index in [4.69, 9.17) is 9.47 Å². The van der Waals surface area contributed by atoms with Gasteiger partial charge in [-0.2, -0.15) is 0 Å². The van der Waals surface area contributed by atoms with E-state index in [1.54, 1.807) is 95.3 Å². The molecule has 19 heteroatoms. The molecule has 0 saturated carbocycles. The lowest BCUT2D eigenvalue weighted by Gasteiger charge is -2.31. The Morgan fingerprint density at radius 2 is 0.909 bits per heavy atom. The van der Waals surface area contributed by atoms with Gasteiger partial charge < -0.3 is 52.0 Å². The molecular formula is C47H70N8O11. The zero-order valence-electron chi connectivity index (χ0n) is 40.6. The van der Waals surface area contributed by atoms with Gasteiger partial charge in [-0.25, -0.2) is 9.59 Å². The van der Waals surface area contributed by atoms with Gasteiger partial charge in [0.25, 0.3) is 0 Å². The second-order valence-electron chi connectivity index (χ2n) is 19.1. The van der Waals surface area contributed by atoms with Crippen LogP contribution in [0.15, 0.2) is 60.7 Å². The number of rotatable bonds is 21. The molecular weight excluding hydrogens is 853 g/mol. The fraction of sp³-hybridized carbons (Fsp3) is 0.553. The molecule has 0 aliphatic carbocycles. The maximum absolute atomic E-state index is 14.1. The molecule has 0 heterocycles. The van der Waals surface area contributed by atoms with E-state index in [0.29, 0.717) is 11.1 Å². The summed E-state index contributed by atoms with van der Waals surface area (Å²) in [5.41, 5.74) is -4.06. The van der Waals surface area contributed by atoms with Crippen molar-refractivity contribution in [2.75, 3.05) is 7.11 Å². The van der Waals surface area contributed by atoms with E-state index in [0.717, 1.165) is 0 Å². The molecule has 2 aromatic rings. The third-order valence-corrected chi connectivity index (χ3v) is 10.1. The molecule has 8 amide bonds. The smallest absolute Gasteiger partial charge is 0.408 e. The molecule has 0 saturated heterocycles. The van der Waals surface area contributed by atoms with E-state index in [-0.39, 0.29) is 12.8 Å². The maximum atomic E-state index is 14.1. The van der Waals surface area contributed by atoms with E-state index < -0.39 is 112 Å². The molecule has 0 spiro atoms. The molecule has 0 aliphatic rings. The Morgan fingerprint density at radius 3 is 1.38 bits per heavy atom. The van der Waals surface area contributed by atoms with Crippen LogP contribution in [0.2, 0.25) is 0 Å². The molecule has 364 valence electrons. The lowest BCUT2D eigenvalue weighted by molar-refractivity contribution is -0.150. The first-order valence-electron chi connectivity index (χ1n) is 21.7. The van der Waals surface area contributed by atoms with Crippen molar-refractivity contribution >= 4 is 53.4 Å². The zero-order chi connectivity index (χ0) is 50.4. The number of alkyl carbamates (subject to hydrolysis) is 1. The van der Waals surface area contributed by atoms with Gasteiger partial charge in [0, 0.05) is 12.8 Å². The van der Waals surface area contributed by atoms with Gasteiger partial charge >= 0.3 is 12.1 Å². The summed E-state index contributed by atoms with van der Waals surface area (Å²) >= 11 is 0. The zero-order valence-corrected chi connectivity index (χ0v) is 40.6. The molecule has 19 nitrogen and oxygen atoms in total. The Hall–Kier alpha value is -6.53. The maximum Gasteiger partial charge on any atom is 0.408 e. The lowest BCUT2D eigenvalue weighted by atomic mass is 9.98. The molecule has 5 atom stereocenters. The van der Waals surface area contributed by atoms with Gasteiger partial charge in [-0.3, -0.25) is 33.6 Å². The monoisotopic (exact) mass is 923 g/mol. The summed E-state index contributed by atoms with van der Waals surface area (Å²) < 4.78 is 10.0. The van der Waals surface area contributed by atoms with Gasteiger partial charge in [0.05, 0.1) is 7.11 Å². The Balaban J connectivity index is 2.28. The number of hydrogen-bond acceptors (Lipinski definition) is 11. The van der Waals surface area contributed by atoms with Crippen molar-refractivity contribution in [1.29, 1.82) is 0 Å². The highest BCUT2D eigenvalue weighted by atomic mass is 16.6. The van der Waals surface area contributed by atoms with E-state index >= 15 is 0 Å². The largest absolute Gasteiger partial charge is 0.467 e. The van der Waals surface area contributed by atoms with Crippen LogP contribution in [0.4, 0.5) is 4.79 Å². The summed E-state index contributed by atoms with van der Waals surface area (Å²) in [5, 5.41) is 20.9. The lowest BCUT2D eigenvalue weighted by Crippen LogP contribution is -2.64. The number of methoxy groups -OCH3 is 1. The standard InChI is InChI=1S/C47H70N8O11/c1-27(2)34(39(60)54-47(12,13)42(63)65-14)52-36(57)28(3)48-37(58)32(25-30-21-17-15-18-22-30)51-41(62)45(8,9)53-38(59)33(26-31-23-19-16-20-24-31)50-35(56)29(4)49-40(61)46(10,11)55-43(64)66-44(5,6)7/h15-24,27-29,32-34H,25-26H2,1-14H3,(H,48,58)(H,49,61)(H,50,56)(H,51,62)(H,52,57)(H,53,59)(H,54,60)(H,55,64)/t28-,29-,32-,33-,34-/m0/s1. The highest BCUT2D eigenvalue weighted by Gasteiger charge is 2.39. The highest BCUT2D eigenvalue weighted by molar-refractivity contribution is 5.99. The van der Waals surface area contributed by atoms with Crippen molar-refractivity contribution in [3.63, 3.8) is 0 Å². The molecule has 66 heavy (non-hydrogen) atoms. The summed E-state index contributed by atoms with van der Waals surface area (Å²) in [6.07, 6.45) is -0.863. The van der Waals surface area contributed by atoms with Crippen molar-refractivity contribution in [2.45, 2.75) is 155 Å². The average Bonchev–Trinajstić information content (AvgIpc) is 3.20. The molecule has 0 radical (unpaired) electrons. The summed E-state index contributed by atoms with van der Waals surface area (Å²) in [7, 11) is 1.18. The minimum absolute atomic E-state index is 0.0101. The Labute approximate surface area is 387 Å². The van der Waals surface area contributed by atoms with Crippen molar-refractivity contribution in [1.82, 2.24) is 42.5 Å². The topological polar surface area (TPSA) is 268 Å². The van der Waals surface area contributed by atoms with Crippen molar-refractivity contribution in [3.8, 4) is 0 Å². The summed E-state index contributed by atoms with van der Waals surface area (Å²) in [6, 6.07) is 11.5. The van der Waals surface area contributed by atoms with Crippen LogP contribution < -0.4 is 42.5 Å². The predicted octanol–water partition coefficient (Wildman–Crippen LogP) is 1.86. The van der Waals surface area contributed by atoms with Crippen LogP contribution in [0.25, 0.3) is 0 Å². The molecule has 2 aromatic carbocycles. The fourth-order valence-electron chi connectivity index (χ4n) is 6.15. The molecule has 0 aliphatic heterocycles. The minimum Gasteiger partial charge on any atom is -0.467 e. The first kappa shape index (κ1) is 55.6. The van der Waals surface area contributed by atoms with Crippen LogP contribution in [0.5, 0.6) is 0 Å². The fourth-order valence-corrected chi connectivity index (χ4v) is 6.15. The average molecular weight is 923 g/mol. The van der Waals surface area contributed by atoms with E-state index in [1.165, 1.54) is 62.5 Å². The summed E-state index contributed by atoms with van der Waals surface area (Å²) in [4.78, 5) is 120. The number of nitrogens with one attached hydrogen (secondary N) is 8. The number of esters is 1. The van der Waals surface area contributed by atoms with E-state index in [1.807, 2.05) is 0 Å². The minimum atomic E-state index is -1.69. The summed E-state index contributed by atoms with van der Waals surface area (Å²) in [5.74, 6) is -6.20. The second-order valence-corrected chi connectivity index (χ2v) is 19.1. The van der Waals surface area contributed by atoms with Crippen molar-refractivity contribution < 1.29 is 52.6 Å². The SMILES string of the molecule is COC(=O)C(C)(C)NC(=O)[C@@H](NC(=O)[C@H](C)NC(=O)[C@H](Cc1ccccc1)NC(=O)C(C)(C)NC(=O)[C@H](Cc1ccccc1)NC(=O)[C@H](C)NC(=O)C(C)(C)NC(=O)OC(C)(C)C)C(C)C. The van der Waals surface area contributed by atoms with Gasteiger partial charge in [0.15, 0.2) is 0 Å².